The molecule has 0 rings (SSSR count). The summed E-state index contributed by atoms with van der Waals surface area (Å²) in [7, 11) is -9.90. The van der Waals surface area contributed by atoms with Crippen LogP contribution >= 0.6 is 15.6 Å². The highest BCUT2D eigenvalue weighted by molar-refractivity contribution is 7.47. The van der Waals surface area contributed by atoms with E-state index in [1.54, 1.807) is 0 Å². The van der Waals surface area contributed by atoms with Crippen LogP contribution in [0.15, 0.2) is 0 Å². The van der Waals surface area contributed by atoms with E-state index in [9.17, 15) is 43.2 Å². The Morgan fingerprint density at radius 1 is 0.272 bits per heavy atom. The Morgan fingerprint density at radius 3 is 0.674 bits per heavy atom. The fourth-order valence-electron chi connectivity index (χ4n) is 11.0. The number of carbonyl (C=O) groups excluding carboxylic acids is 4. The number of hydrogen-bond donors (Lipinski definition) is 3. The van der Waals surface area contributed by atoms with E-state index in [4.69, 9.17) is 37.0 Å². The third-order valence-corrected chi connectivity index (χ3v) is 18.7. The number of carbonyl (C=O) groups is 4. The van der Waals surface area contributed by atoms with E-state index in [2.05, 4.69) is 55.4 Å². The van der Waals surface area contributed by atoms with Crippen LogP contribution in [0.25, 0.3) is 0 Å². The molecular weight excluding hydrogens is 1210 g/mol. The lowest BCUT2D eigenvalue weighted by Gasteiger charge is -2.21. The van der Waals surface area contributed by atoms with E-state index in [1.165, 1.54) is 161 Å². The number of aliphatic hydroxyl groups is 1. The summed E-state index contributed by atoms with van der Waals surface area (Å²) in [5, 5.41) is 10.6. The van der Waals surface area contributed by atoms with Gasteiger partial charge in [0.1, 0.15) is 19.3 Å². The van der Waals surface area contributed by atoms with Crippen molar-refractivity contribution in [1.82, 2.24) is 0 Å². The van der Waals surface area contributed by atoms with Crippen LogP contribution in [0.4, 0.5) is 0 Å². The number of hydrogen-bond acceptors (Lipinski definition) is 15. The van der Waals surface area contributed by atoms with Crippen molar-refractivity contribution < 1.29 is 80.2 Å². The van der Waals surface area contributed by atoms with Crippen molar-refractivity contribution in [3.05, 3.63) is 0 Å². The number of phosphoric acid groups is 2. The van der Waals surface area contributed by atoms with Crippen LogP contribution in [0.1, 0.15) is 364 Å². The predicted molar refractivity (Wildman–Crippen MR) is 372 cm³/mol. The van der Waals surface area contributed by atoms with E-state index in [-0.39, 0.29) is 25.7 Å². The molecule has 0 amide bonds. The van der Waals surface area contributed by atoms with Crippen molar-refractivity contribution >= 4 is 39.5 Å². The second-order valence-corrected chi connectivity index (χ2v) is 31.1. The lowest BCUT2D eigenvalue weighted by atomic mass is 10.0. The van der Waals surface area contributed by atoms with E-state index >= 15 is 0 Å². The van der Waals surface area contributed by atoms with Gasteiger partial charge in [-0.25, -0.2) is 9.13 Å². The summed E-state index contributed by atoms with van der Waals surface area (Å²) < 4.78 is 68.3. The van der Waals surface area contributed by atoms with Gasteiger partial charge in [0.15, 0.2) is 12.2 Å². The Labute approximate surface area is 562 Å². The van der Waals surface area contributed by atoms with Gasteiger partial charge in [-0.15, -0.1) is 0 Å². The summed E-state index contributed by atoms with van der Waals surface area (Å²) in [5.74, 6) is 0.811. The zero-order valence-corrected chi connectivity index (χ0v) is 62.0. The summed E-state index contributed by atoms with van der Waals surface area (Å²) in [4.78, 5) is 72.5. The third-order valence-electron chi connectivity index (χ3n) is 16.8. The molecule has 17 nitrogen and oxygen atoms in total. The van der Waals surface area contributed by atoms with Gasteiger partial charge in [0.25, 0.3) is 0 Å². The quantitative estimate of drug-likeness (QED) is 0.0222. The van der Waals surface area contributed by atoms with Gasteiger partial charge >= 0.3 is 39.5 Å². The second kappa shape index (κ2) is 62.6. The first kappa shape index (κ1) is 90.1. The minimum absolute atomic E-state index is 0.103. The second-order valence-electron chi connectivity index (χ2n) is 28.2. The molecule has 0 aliphatic carbocycles. The van der Waals surface area contributed by atoms with Gasteiger partial charge in [-0.05, 0) is 49.4 Å². The number of unbranched alkanes of at least 4 members (excludes halogenated alkanes) is 36. The monoisotopic (exact) mass is 1350 g/mol. The molecular formula is C73H142O17P2. The zero-order valence-electron chi connectivity index (χ0n) is 60.2. The van der Waals surface area contributed by atoms with Crippen LogP contribution in [0.3, 0.4) is 0 Å². The Kier molecular flexibility index (Phi) is 61.3. The largest absolute Gasteiger partial charge is 0.472 e. The van der Waals surface area contributed by atoms with Crippen molar-refractivity contribution in [1.29, 1.82) is 0 Å². The molecule has 0 fully saturated rings. The van der Waals surface area contributed by atoms with Crippen molar-refractivity contribution in [2.45, 2.75) is 382 Å². The normalized spacial score (nSPS) is 14.2. The van der Waals surface area contributed by atoms with Gasteiger partial charge in [-0.2, -0.15) is 0 Å². The highest BCUT2D eigenvalue weighted by Crippen LogP contribution is 2.45. The van der Waals surface area contributed by atoms with Gasteiger partial charge in [0.2, 0.25) is 0 Å². The minimum atomic E-state index is -4.95. The third kappa shape index (κ3) is 66.7. The topological polar surface area (TPSA) is 237 Å². The lowest BCUT2D eigenvalue weighted by Crippen LogP contribution is -2.30. The molecule has 0 radical (unpaired) electrons. The highest BCUT2D eigenvalue weighted by Gasteiger charge is 2.30. The number of esters is 4. The van der Waals surface area contributed by atoms with E-state index < -0.39 is 97.5 Å². The maximum Gasteiger partial charge on any atom is 0.472 e. The van der Waals surface area contributed by atoms with Crippen LogP contribution in [-0.2, 0) is 65.4 Å². The summed E-state index contributed by atoms with van der Waals surface area (Å²) >= 11 is 0. The van der Waals surface area contributed by atoms with Gasteiger partial charge in [-0.1, -0.05) is 312 Å². The Balaban J connectivity index is 5.13. The predicted octanol–water partition coefficient (Wildman–Crippen LogP) is 20.9. The molecule has 546 valence electrons. The van der Waals surface area contributed by atoms with Crippen molar-refractivity contribution in [3.8, 4) is 0 Å². The highest BCUT2D eigenvalue weighted by atomic mass is 31.2. The zero-order chi connectivity index (χ0) is 68.2. The van der Waals surface area contributed by atoms with Gasteiger partial charge in [0.05, 0.1) is 26.4 Å². The first-order valence-corrected chi connectivity index (χ1v) is 40.7. The molecule has 0 saturated carbocycles. The van der Waals surface area contributed by atoms with E-state index in [0.29, 0.717) is 37.5 Å². The van der Waals surface area contributed by atoms with Crippen molar-refractivity contribution in [3.63, 3.8) is 0 Å². The van der Waals surface area contributed by atoms with Crippen LogP contribution in [-0.4, -0.2) is 96.7 Å². The Bertz CT molecular complexity index is 1820. The molecule has 0 bridgehead atoms. The molecule has 0 heterocycles. The molecule has 0 spiro atoms. The SMILES string of the molecule is CC(C)CCCCCCCCCCCCCCCCCCCCC(=O)OC[C@H](COP(=O)(O)OCC(O)COP(=O)(O)OC[C@@H](COC(=O)CCCCCCCCCC(C)C)OC(=O)CCCCCCCCCCC(C)C)OC(=O)CCCCCCCCCC(C)C. The number of ether oxygens (including phenoxy) is 4. The molecule has 0 aromatic carbocycles. The number of aliphatic hydroxyl groups excluding tert-OH is 1. The standard InChI is InChI=1S/C73H142O17P2/c1-63(2)49-41-33-25-19-17-15-13-11-9-10-12-14-16-18-20-29-37-45-53-70(75)83-59-69(90-73(78)56-48-40-32-24-28-36-44-52-66(7)8)62-88-92(81,82)86-58-67(74)57-85-91(79,80)87-61-68(60-84-71(76)54-46-38-31-23-27-35-43-51-65(5)6)89-72(77)55-47-39-30-22-21-26-34-42-50-64(3)4/h63-69,74H,9-62H2,1-8H3,(H,79,80)(H,81,82)/t67?,68-,69-/m1/s1. The fraction of sp³-hybridized carbons (Fsp3) is 0.945. The summed E-state index contributed by atoms with van der Waals surface area (Å²) in [6.07, 6.45) is 46.3. The molecule has 0 aromatic rings. The summed E-state index contributed by atoms with van der Waals surface area (Å²) in [5.41, 5.74) is 0. The molecule has 0 aliphatic rings. The minimum Gasteiger partial charge on any atom is -0.462 e. The first-order valence-electron chi connectivity index (χ1n) is 37.7. The fourth-order valence-corrected chi connectivity index (χ4v) is 12.6. The lowest BCUT2D eigenvalue weighted by molar-refractivity contribution is -0.161. The molecule has 0 saturated heterocycles. The Hall–Kier alpha value is -1.94. The summed E-state index contributed by atoms with van der Waals surface area (Å²) in [6.45, 7) is 14.0. The van der Waals surface area contributed by atoms with Crippen LogP contribution in [0.5, 0.6) is 0 Å². The van der Waals surface area contributed by atoms with Crippen LogP contribution < -0.4 is 0 Å². The molecule has 0 aromatic heterocycles. The molecule has 3 unspecified atom stereocenters. The maximum absolute atomic E-state index is 13.0. The van der Waals surface area contributed by atoms with Gasteiger partial charge in [-0.3, -0.25) is 37.3 Å². The number of rotatable bonds is 70. The first-order chi connectivity index (χ1) is 44.1. The maximum atomic E-state index is 13.0. The van der Waals surface area contributed by atoms with Gasteiger partial charge in [0, 0.05) is 25.7 Å². The van der Waals surface area contributed by atoms with Crippen molar-refractivity contribution in [2.75, 3.05) is 39.6 Å². The van der Waals surface area contributed by atoms with Gasteiger partial charge < -0.3 is 33.8 Å². The molecule has 19 heteroatoms. The Morgan fingerprint density at radius 2 is 0.457 bits per heavy atom. The van der Waals surface area contributed by atoms with Crippen molar-refractivity contribution in [2.24, 2.45) is 23.7 Å². The molecule has 0 aliphatic heterocycles. The smallest absolute Gasteiger partial charge is 0.462 e. The number of phosphoric ester groups is 2. The van der Waals surface area contributed by atoms with E-state index in [0.717, 1.165) is 108 Å². The van der Waals surface area contributed by atoms with E-state index in [1.807, 2.05) is 0 Å². The van der Waals surface area contributed by atoms with Crippen LogP contribution in [0.2, 0.25) is 0 Å². The summed E-state index contributed by atoms with van der Waals surface area (Å²) in [6, 6.07) is 0. The molecule has 5 atom stereocenters. The molecule has 92 heavy (non-hydrogen) atoms. The molecule has 3 N–H and O–H groups in total. The van der Waals surface area contributed by atoms with Crippen LogP contribution in [0, 0.1) is 23.7 Å². The average Bonchev–Trinajstić information content (AvgIpc) is 2.30. The average molecular weight is 1350 g/mol.